The molecule has 2 aliphatic rings. The molecule has 6 nitrogen and oxygen atoms in total. The second-order valence-corrected chi connectivity index (χ2v) is 6.85. The predicted molar refractivity (Wildman–Crippen MR) is 116 cm³/mol. The van der Waals surface area contributed by atoms with Gasteiger partial charge in [-0.2, -0.15) is 5.10 Å². The second kappa shape index (κ2) is 7.82. The lowest BCUT2D eigenvalue weighted by Crippen LogP contribution is -2.43. The predicted octanol–water partition coefficient (Wildman–Crippen LogP) is 3.49. The van der Waals surface area contributed by atoms with Gasteiger partial charge in [0, 0.05) is 18.4 Å². The zero-order valence-electron chi connectivity index (χ0n) is 15.5. The number of anilines is 1. The lowest BCUT2D eigenvalue weighted by atomic mass is 10.2. The van der Waals surface area contributed by atoms with Crippen LogP contribution in [-0.4, -0.2) is 46.1 Å². The lowest BCUT2D eigenvalue weighted by Gasteiger charge is -2.25. The summed E-state index contributed by atoms with van der Waals surface area (Å²) in [5.41, 5.74) is 1.93. The number of hydrogen-bond acceptors (Lipinski definition) is 3. The number of para-hydroxylation sites is 1. The number of hydrogen-bond donors (Lipinski definition) is 1. The smallest absolute Gasteiger partial charge is 0.328 e. The minimum atomic E-state index is -0.286. The molecule has 0 radical (unpaired) electrons. The van der Waals surface area contributed by atoms with Crippen LogP contribution in [0.1, 0.15) is 12.5 Å². The molecule has 0 bridgehead atoms. The number of allylic oxidation sites excluding steroid dienone is 1. The normalized spacial score (nSPS) is 21.8. The van der Waals surface area contributed by atoms with Crippen LogP contribution < -0.4 is 10.2 Å². The molecule has 2 heterocycles. The Hall–Kier alpha value is -3.19. The fourth-order valence-corrected chi connectivity index (χ4v) is 3.80. The van der Waals surface area contributed by atoms with Crippen molar-refractivity contribution in [3.8, 4) is 0 Å². The molecule has 0 aliphatic carbocycles. The van der Waals surface area contributed by atoms with Crippen LogP contribution in [0.15, 0.2) is 71.8 Å². The zero-order valence-corrected chi connectivity index (χ0v) is 16.3. The average molecular weight is 392 g/mol. The number of nitrogens with one attached hydrogen (secondary N) is 1. The Balaban J connectivity index is 1.57. The van der Waals surface area contributed by atoms with Gasteiger partial charge in [-0.15, -0.1) is 0 Å². The molecule has 2 aromatic rings. The number of carbonyl (C=O) groups is 1. The van der Waals surface area contributed by atoms with E-state index in [0.717, 1.165) is 11.3 Å². The first-order chi connectivity index (χ1) is 13.7. The molecule has 142 valence electrons. The molecular formula is C21H21N5OS. The third-order valence-corrected chi connectivity index (χ3v) is 5.11. The SMILES string of the molecule is CCN1C(=O)N(c2ccccc2)C2NC(=S)N(/N=C/C=C/c3ccccc3)C21. The largest absolute Gasteiger partial charge is 0.337 e. The quantitative estimate of drug-likeness (QED) is 0.626. The molecule has 2 fully saturated rings. The van der Waals surface area contributed by atoms with E-state index in [4.69, 9.17) is 12.2 Å². The van der Waals surface area contributed by atoms with Gasteiger partial charge in [-0.1, -0.05) is 54.6 Å². The summed E-state index contributed by atoms with van der Waals surface area (Å²) in [4.78, 5) is 16.5. The number of rotatable bonds is 5. The van der Waals surface area contributed by atoms with Crippen molar-refractivity contribution in [1.82, 2.24) is 15.2 Å². The number of benzene rings is 2. The van der Waals surface area contributed by atoms with E-state index in [2.05, 4.69) is 10.4 Å². The fourth-order valence-electron chi connectivity index (χ4n) is 3.52. The van der Waals surface area contributed by atoms with Gasteiger partial charge in [0.1, 0.15) is 0 Å². The summed E-state index contributed by atoms with van der Waals surface area (Å²) in [6.45, 7) is 2.53. The summed E-state index contributed by atoms with van der Waals surface area (Å²) in [6.07, 6.45) is 4.98. The number of urea groups is 1. The number of hydrazone groups is 1. The van der Waals surface area contributed by atoms with Crippen molar-refractivity contribution < 1.29 is 4.79 Å². The molecular weight excluding hydrogens is 370 g/mol. The zero-order chi connectivity index (χ0) is 19.5. The summed E-state index contributed by atoms with van der Waals surface area (Å²) in [7, 11) is 0. The van der Waals surface area contributed by atoms with E-state index in [1.165, 1.54) is 0 Å². The molecule has 2 aliphatic heterocycles. The van der Waals surface area contributed by atoms with Gasteiger partial charge < -0.3 is 5.32 Å². The molecule has 2 atom stereocenters. The van der Waals surface area contributed by atoms with Crippen molar-refractivity contribution in [1.29, 1.82) is 0 Å². The molecule has 0 saturated carbocycles. The van der Waals surface area contributed by atoms with Crippen LogP contribution in [0, 0.1) is 0 Å². The molecule has 2 amide bonds. The number of thiocarbonyl (C=S) groups is 1. The van der Waals surface area contributed by atoms with Crippen molar-refractivity contribution in [3.05, 3.63) is 72.3 Å². The Morgan fingerprint density at radius 3 is 2.46 bits per heavy atom. The van der Waals surface area contributed by atoms with Crippen LogP contribution in [0.5, 0.6) is 0 Å². The highest BCUT2D eigenvalue weighted by Crippen LogP contribution is 2.33. The summed E-state index contributed by atoms with van der Waals surface area (Å²) >= 11 is 5.49. The first-order valence-corrected chi connectivity index (χ1v) is 9.62. The lowest BCUT2D eigenvalue weighted by molar-refractivity contribution is 0.157. The maximum absolute atomic E-state index is 13.0. The van der Waals surface area contributed by atoms with Crippen LogP contribution >= 0.6 is 12.2 Å². The standard InChI is InChI=1S/C21H21N5OS/c1-2-24-19-18(25(21(24)27)17-13-7-4-8-14-17)23-20(28)26(19)22-15-9-12-16-10-5-3-6-11-16/h3-15,18-19H,2H2,1H3,(H,23,28)/b12-9+,22-15+. The van der Waals surface area contributed by atoms with Gasteiger partial charge in [-0.25, -0.2) is 9.80 Å². The van der Waals surface area contributed by atoms with E-state index in [9.17, 15) is 4.79 Å². The molecule has 28 heavy (non-hydrogen) atoms. The van der Waals surface area contributed by atoms with Crippen molar-refractivity contribution in [2.45, 2.75) is 19.3 Å². The Labute approximate surface area is 169 Å². The van der Waals surface area contributed by atoms with Crippen molar-refractivity contribution >= 4 is 41.3 Å². The van der Waals surface area contributed by atoms with Gasteiger partial charge >= 0.3 is 6.03 Å². The van der Waals surface area contributed by atoms with Gasteiger partial charge in [-0.05, 0) is 42.9 Å². The van der Waals surface area contributed by atoms with Crippen LogP contribution in [0.2, 0.25) is 0 Å². The summed E-state index contributed by atoms with van der Waals surface area (Å²) in [5.74, 6) is 0. The Morgan fingerprint density at radius 2 is 1.79 bits per heavy atom. The maximum atomic E-state index is 13.0. The van der Waals surface area contributed by atoms with E-state index in [1.807, 2.05) is 79.7 Å². The molecule has 1 N–H and O–H groups in total. The third kappa shape index (κ3) is 3.25. The van der Waals surface area contributed by atoms with Gasteiger partial charge in [0.15, 0.2) is 17.4 Å². The highest BCUT2D eigenvalue weighted by Gasteiger charge is 2.54. The van der Waals surface area contributed by atoms with Crippen molar-refractivity contribution in [2.24, 2.45) is 5.10 Å². The second-order valence-electron chi connectivity index (χ2n) is 6.46. The Morgan fingerprint density at radius 1 is 1.11 bits per heavy atom. The van der Waals surface area contributed by atoms with Gasteiger partial charge in [0.25, 0.3) is 0 Å². The minimum Gasteiger partial charge on any atom is -0.337 e. The van der Waals surface area contributed by atoms with E-state index in [1.54, 1.807) is 21.0 Å². The number of amides is 2. The van der Waals surface area contributed by atoms with E-state index >= 15 is 0 Å². The fraction of sp³-hybridized carbons (Fsp3) is 0.190. The molecule has 7 heteroatoms. The monoisotopic (exact) mass is 391 g/mol. The molecule has 0 aromatic heterocycles. The first kappa shape index (κ1) is 18.2. The third-order valence-electron chi connectivity index (χ3n) is 4.80. The van der Waals surface area contributed by atoms with Crippen molar-refractivity contribution in [2.75, 3.05) is 11.4 Å². The van der Waals surface area contributed by atoms with Gasteiger partial charge in [0.05, 0.1) is 0 Å². The van der Waals surface area contributed by atoms with Crippen molar-refractivity contribution in [3.63, 3.8) is 0 Å². The van der Waals surface area contributed by atoms with E-state index in [0.29, 0.717) is 11.7 Å². The highest BCUT2D eigenvalue weighted by molar-refractivity contribution is 7.80. The van der Waals surface area contributed by atoms with Gasteiger partial charge in [0.2, 0.25) is 0 Å². The Bertz CT molecular complexity index is 915. The number of likely N-dealkylation sites (N-methyl/N-ethyl adjacent to an activating group) is 1. The number of fused-ring (bicyclic) bond motifs is 1. The van der Waals surface area contributed by atoms with Crippen LogP contribution in [0.25, 0.3) is 6.08 Å². The average Bonchev–Trinajstić information content (AvgIpc) is 3.17. The summed E-state index contributed by atoms with van der Waals surface area (Å²) in [5, 5.41) is 9.98. The first-order valence-electron chi connectivity index (χ1n) is 9.21. The van der Waals surface area contributed by atoms with Gasteiger partial charge in [-0.3, -0.25) is 9.80 Å². The minimum absolute atomic E-state index is 0.0567. The number of carbonyl (C=O) groups excluding carboxylic acids is 1. The van der Waals surface area contributed by atoms with E-state index in [-0.39, 0.29) is 18.4 Å². The maximum Gasteiger partial charge on any atom is 0.328 e. The molecule has 2 saturated heterocycles. The van der Waals surface area contributed by atoms with Crippen LogP contribution in [0.4, 0.5) is 10.5 Å². The van der Waals surface area contributed by atoms with Crippen LogP contribution in [-0.2, 0) is 0 Å². The Kier molecular flexibility index (Phi) is 5.08. The molecule has 2 unspecified atom stereocenters. The summed E-state index contributed by atoms with van der Waals surface area (Å²) < 4.78 is 0. The highest BCUT2D eigenvalue weighted by atomic mass is 32.1. The molecule has 0 spiro atoms. The molecule has 4 rings (SSSR count). The summed E-state index contributed by atoms with van der Waals surface area (Å²) in [6, 6.07) is 19.6. The topological polar surface area (TPSA) is 51.2 Å². The number of nitrogens with zero attached hydrogens (tertiary/aromatic N) is 4. The van der Waals surface area contributed by atoms with E-state index < -0.39 is 0 Å². The molecule has 2 aromatic carbocycles. The van der Waals surface area contributed by atoms with Crippen LogP contribution in [0.3, 0.4) is 0 Å².